The maximum atomic E-state index is 13.2. The molecule has 1 unspecified atom stereocenters. The number of rotatable bonds is 4. The minimum absolute atomic E-state index is 0.00168. The van der Waals surface area contributed by atoms with Crippen LogP contribution in [0.2, 0.25) is 5.02 Å². The molecule has 1 atom stereocenters. The first-order chi connectivity index (χ1) is 13.4. The van der Waals surface area contributed by atoms with Crippen molar-refractivity contribution in [2.75, 3.05) is 6.54 Å². The van der Waals surface area contributed by atoms with Crippen molar-refractivity contribution in [1.29, 1.82) is 0 Å². The van der Waals surface area contributed by atoms with Gasteiger partial charge in [-0.15, -0.1) is 0 Å². The number of nitrogens with zero attached hydrogens (tertiary/aromatic N) is 2. The second-order valence-electron chi connectivity index (χ2n) is 6.42. The van der Waals surface area contributed by atoms with Gasteiger partial charge in [0, 0.05) is 10.9 Å². The lowest BCUT2D eigenvalue weighted by Crippen LogP contribution is -2.26. The van der Waals surface area contributed by atoms with Gasteiger partial charge in [0.15, 0.2) is 0 Å². The summed E-state index contributed by atoms with van der Waals surface area (Å²) < 4.78 is 40.3. The van der Waals surface area contributed by atoms with E-state index < -0.39 is 15.8 Å². The monoisotopic (exact) mass is 414 g/mol. The van der Waals surface area contributed by atoms with Crippen LogP contribution in [0.4, 0.5) is 4.39 Å². The molecule has 28 heavy (non-hydrogen) atoms. The third-order valence-corrected chi connectivity index (χ3v) is 6.52. The van der Waals surface area contributed by atoms with Crippen LogP contribution in [0.1, 0.15) is 17.0 Å². The molecule has 3 aromatic rings. The van der Waals surface area contributed by atoms with E-state index in [-0.39, 0.29) is 17.4 Å². The van der Waals surface area contributed by atoms with Gasteiger partial charge in [-0.05, 0) is 47.5 Å². The fraction of sp³-hybridized carbons (Fsp3) is 0.0952. The van der Waals surface area contributed by atoms with Gasteiger partial charge in [0.2, 0.25) is 0 Å². The summed E-state index contributed by atoms with van der Waals surface area (Å²) in [6, 6.07) is 21.5. The van der Waals surface area contributed by atoms with Crippen LogP contribution in [0.15, 0.2) is 88.9 Å². The van der Waals surface area contributed by atoms with Gasteiger partial charge in [0.1, 0.15) is 5.82 Å². The molecule has 1 heterocycles. The zero-order valence-electron chi connectivity index (χ0n) is 14.7. The van der Waals surface area contributed by atoms with Gasteiger partial charge in [-0.2, -0.15) is 17.9 Å². The van der Waals surface area contributed by atoms with Crippen LogP contribution >= 0.6 is 11.6 Å². The Morgan fingerprint density at radius 2 is 1.57 bits per heavy atom. The van der Waals surface area contributed by atoms with Gasteiger partial charge in [-0.25, -0.2) is 4.39 Å². The molecule has 0 spiro atoms. The van der Waals surface area contributed by atoms with E-state index in [9.17, 15) is 12.8 Å². The quantitative estimate of drug-likeness (QED) is 0.622. The summed E-state index contributed by atoms with van der Waals surface area (Å²) in [4.78, 5) is 0.00168. The summed E-state index contributed by atoms with van der Waals surface area (Å²) >= 11 is 5.99. The Balaban J connectivity index is 1.77. The average molecular weight is 415 g/mol. The molecule has 0 aliphatic carbocycles. The smallest absolute Gasteiger partial charge is 0.207 e. The molecule has 0 N–H and O–H groups in total. The van der Waals surface area contributed by atoms with E-state index >= 15 is 0 Å². The van der Waals surface area contributed by atoms with Gasteiger partial charge in [0.25, 0.3) is 10.0 Å². The van der Waals surface area contributed by atoms with Crippen molar-refractivity contribution in [1.82, 2.24) is 4.41 Å². The molecule has 142 valence electrons. The molecule has 0 bridgehead atoms. The number of hydrogen-bond acceptors (Lipinski definition) is 3. The predicted molar refractivity (Wildman–Crippen MR) is 107 cm³/mol. The molecule has 7 heteroatoms. The highest BCUT2D eigenvalue weighted by atomic mass is 35.5. The third kappa shape index (κ3) is 3.53. The van der Waals surface area contributed by atoms with E-state index in [0.717, 1.165) is 27.7 Å². The Morgan fingerprint density at radius 1 is 0.929 bits per heavy atom. The van der Waals surface area contributed by atoms with Crippen LogP contribution in [0.5, 0.6) is 0 Å². The maximum absolute atomic E-state index is 13.2. The van der Waals surface area contributed by atoms with Crippen LogP contribution in [-0.2, 0) is 10.0 Å². The Morgan fingerprint density at radius 3 is 2.21 bits per heavy atom. The molecular weight excluding hydrogens is 399 g/mol. The first-order valence-corrected chi connectivity index (χ1v) is 10.4. The lowest BCUT2D eigenvalue weighted by Gasteiger charge is -2.16. The molecule has 0 fully saturated rings. The van der Waals surface area contributed by atoms with E-state index in [1.165, 1.54) is 12.1 Å². The zero-order valence-corrected chi connectivity index (χ0v) is 16.2. The van der Waals surface area contributed by atoms with Crippen LogP contribution in [-0.4, -0.2) is 25.1 Å². The van der Waals surface area contributed by atoms with Gasteiger partial charge in [0.05, 0.1) is 17.2 Å². The first-order valence-electron chi connectivity index (χ1n) is 8.63. The maximum Gasteiger partial charge on any atom is 0.279 e. The number of benzene rings is 3. The van der Waals surface area contributed by atoms with E-state index in [1.807, 2.05) is 42.5 Å². The minimum Gasteiger partial charge on any atom is -0.207 e. The van der Waals surface area contributed by atoms with Gasteiger partial charge in [-0.1, -0.05) is 54.1 Å². The summed E-state index contributed by atoms with van der Waals surface area (Å²) in [5.74, 6) is -0.717. The fourth-order valence-electron chi connectivity index (χ4n) is 3.18. The van der Waals surface area contributed by atoms with Crippen molar-refractivity contribution < 1.29 is 12.8 Å². The number of hydrazone groups is 1. The van der Waals surface area contributed by atoms with Gasteiger partial charge < -0.3 is 0 Å². The molecule has 1 aliphatic heterocycles. The van der Waals surface area contributed by atoms with Crippen LogP contribution in [0, 0.1) is 5.82 Å². The molecule has 0 saturated carbocycles. The highest BCUT2D eigenvalue weighted by molar-refractivity contribution is 7.89. The van der Waals surface area contributed by atoms with E-state index in [4.69, 9.17) is 11.6 Å². The lowest BCUT2D eigenvalue weighted by atomic mass is 9.91. The molecule has 0 aromatic heterocycles. The Kier molecular flexibility index (Phi) is 4.91. The van der Waals surface area contributed by atoms with Gasteiger partial charge >= 0.3 is 0 Å². The molecule has 0 radical (unpaired) electrons. The summed E-state index contributed by atoms with van der Waals surface area (Å²) in [5.41, 5.74) is 2.41. The molecule has 0 amide bonds. The molecule has 4 rings (SSSR count). The van der Waals surface area contributed by atoms with Crippen molar-refractivity contribution in [2.24, 2.45) is 5.10 Å². The fourth-order valence-corrected chi connectivity index (χ4v) is 4.57. The number of sulfonamides is 1. The largest absolute Gasteiger partial charge is 0.279 e. The Hall–Kier alpha value is -2.70. The van der Waals surface area contributed by atoms with Crippen molar-refractivity contribution >= 4 is 27.3 Å². The first kappa shape index (κ1) is 18.7. The zero-order chi connectivity index (χ0) is 19.7. The Bertz CT molecular complexity index is 1120. The summed E-state index contributed by atoms with van der Waals surface area (Å²) in [6.07, 6.45) is 0. The normalized spacial score (nSPS) is 16.9. The lowest BCUT2D eigenvalue weighted by molar-refractivity contribution is 0.451. The highest BCUT2D eigenvalue weighted by Crippen LogP contribution is 2.32. The van der Waals surface area contributed by atoms with Crippen molar-refractivity contribution in [3.05, 3.63) is 101 Å². The predicted octanol–water partition coefficient (Wildman–Crippen LogP) is 4.67. The summed E-state index contributed by atoms with van der Waals surface area (Å²) in [5, 5.41) is 5.03. The Labute approximate surface area is 167 Å². The third-order valence-electron chi connectivity index (χ3n) is 4.62. The highest BCUT2D eigenvalue weighted by Gasteiger charge is 2.35. The molecular formula is C21H16ClFN2O2S. The summed E-state index contributed by atoms with van der Waals surface area (Å²) in [6.45, 7) is 0.168. The van der Waals surface area contributed by atoms with E-state index in [2.05, 4.69) is 5.10 Å². The van der Waals surface area contributed by atoms with E-state index in [0.29, 0.717) is 10.7 Å². The van der Waals surface area contributed by atoms with Crippen LogP contribution in [0.3, 0.4) is 0 Å². The van der Waals surface area contributed by atoms with Crippen LogP contribution in [0.25, 0.3) is 0 Å². The number of hydrogen-bond donors (Lipinski definition) is 0. The summed E-state index contributed by atoms with van der Waals surface area (Å²) in [7, 11) is -3.89. The SMILES string of the molecule is O=S(=O)(c1ccc(F)cc1)N1CC(c2ccccc2)C(c2ccc(Cl)cc2)=N1. The van der Waals surface area contributed by atoms with Crippen molar-refractivity contribution in [3.8, 4) is 0 Å². The average Bonchev–Trinajstić information content (AvgIpc) is 3.16. The molecule has 3 aromatic carbocycles. The van der Waals surface area contributed by atoms with E-state index in [1.54, 1.807) is 12.1 Å². The molecule has 1 aliphatic rings. The van der Waals surface area contributed by atoms with Crippen molar-refractivity contribution in [3.63, 3.8) is 0 Å². The number of halogens is 2. The van der Waals surface area contributed by atoms with Gasteiger partial charge in [-0.3, -0.25) is 0 Å². The molecule has 4 nitrogen and oxygen atoms in total. The topological polar surface area (TPSA) is 49.7 Å². The second kappa shape index (κ2) is 7.37. The van der Waals surface area contributed by atoms with Crippen LogP contribution < -0.4 is 0 Å². The van der Waals surface area contributed by atoms with Crippen molar-refractivity contribution in [2.45, 2.75) is 10.8 Å². The minimum atomic E-state index is -3.89. The standard InChI is InChI=1S/C21H16ClFN2O2S/c22-17-8-6-16(7-9-17)21-20(15-4-2-1-3-5-15)14-25(24-21)28(26,27)19-12-10-18(23)11-13-19/h1-13,20H,14H2. The second-order valence-corrected chi connectivity index (χ2v) is 8.70. The molecule has 0 saturated heterocycles.